The first-order valence-electron chi connectivity index (χ1n) is 8.86. The van der Waals surface area contributed by atoms with Gasteiger partial charge in [-0.1, -0.05) is 12.1 Å². The minimum absolute atomic E-state index is 0.112. The van der Waals surface area contributed by atoms with E-state index in [1.54, 1.807) is 19.4 Å². The summed E-state index contributed by atoms with van der Waals surface area (Å²) in [6, 6.07) is 14.0. The van der Waals surface area contributed by atoms with Crippen molar-refractivity contribution in [3.05, 3.63) is 59.2 Å². The Morgan fingerprint density at radius 3 is 2.73 bits per heavy atom. The fraction of sp³-hybridized carbons (Fsp3) is 0.333. The second kappa shape index (κ2) is 5.42. The molecule has 0 spiro atoms. The summed E-state index contributed by atoms with van der Waals surface area (Å²) >= 11 is 0. The van der Waals surface area contributed by atoms with Crippen molar-refractivity contribution in [2.45, 2.75) is 11.8 Å². The number of amides is 1. The van der Waals surface area contributed by atoms with E-state index in [0.717, 1.165) is 36.6 Å². The van der Waals surface area contributed by atoms with E-state index in [1.807, 2.05) is 24.3 Å². The number of methoxy groups -OCH3 is 1. The molecule has 2 heterocycles. The average Bonchev–Trinajstić information content (AvgIpc) is 2.96. The van der Waals surface area contributed by atoms with Gasteiger partial charge in [0.1, 0.15) is 11.5 Å². The summed E-state index contributed by atoms with van der Waals surface area (Å²) in [4.78, 5) is 15.6. The van der Waals surface area contributed by atoms with E-state index >= 15 is 0 Å². The van der Waals surface area contributed by atoms with Crippen molar-refractivity contribution in [2.75, 3.05) is 26.8 Å². The molecule has 5 rings (SSSR count). The Morgan fingerprint density at radius 1 is 1.12 bits per heavy atom. The lowest BCUT2D eigenvalue weighted by Crippen LogP contribution is -2.23. The Kier molecular flexibility index (Phi) is 3.25. The summed E-state index contributed by atoms with van der Waals surface area (Å²) in [6.07, 6.45) is 2.73. The zero-order chi connectivity index (χ0) is 17.8. The Morgan fingerprint density at radius 2 is 1.92 bits per heavy atom. The van der Waals surface area contributed by atoms with Crippen LogP contribution in [0.5, 0.6) is 11.5 Å². The quantitative estimate of drug-likeness (QED) is 0.902. The van der Waals surface area contributed by atoms with Crippen LogP contribution in [0.3, 0.4) is 0 Å². The van der Waals surface area contributed by atoms with Gasteiger partial charge in [0.15, 0.2) is 0 Å². The van der Waals surface area contributed by atoms with Crippen LogP contribution < -0.4 is 14.8 Å². The molecule has 2 fully saturated rings. The maximum absolute atomic E-state index is 11.8. The molecule has 2 aliphatic heterocycles. The predicted octanol–water partition coefficient (Wildman–Crippen LogP) is 2.58. The molecular weight excluding hydrogens is 328 g/mol. The fourth-order valence-electron chi connectivity index (χ4n) is 4.53. The average molecular weight is 348 g/mol. The highest BCUT2D eigenvalue weighted by Gasteiger charge is 2.71. The van der Waals surface area contributed by atoms with Crippen molar-refractivity contribution >= 4 is 12.1 Å². The Hall–Kier alpha value is -2.66. The van der Waals surface area contributed by atoms with Crippen LogP contribution in [0.2, 0.25) is 0 Å². The summed E-state index contributed by atoms with van der Waals surface area (Å²) in [5.74, 6) is 1.42. The molecule has 132 valence electrons. The second-order valence-corrected chi connectivity index (χ2v) is 7.47. The van der Waals surface area contributed by atoms with Crippen LogP contribution in [0.4, 0.5) is 0 Å². The monoisotopic (exact) mass is 348 g/mol. The van der Waals surface area contributed by atoms with Gasteiger partial charge in [0, 0.05) is 35.7 Å². The number of fused-ring (bicyclic) bond motifs is 2. The summed E-state index contributed by atoms with van der Waals surface area (Å²) < 4.78 is 11.4. The van der Waals surface area contributed by atoms with Crippen LogP contribution in [0.1, 0.15) is 27.9 Å². The fourth-order valence-corrected chi connectivity index (χ4v) is 4.53. The van der Waals surface area contributed by atoms with Crippen molar-refractivity contribution in [3.8, 4) is 11.5 Å². The molecule has 1 saturated carbocycles. The Balaban J connectivity index is 1.34. The van der Waals surface area contributed by atoms with E-state index in [2.05, 4.69) is 22.4 Å². The number of carbonyl (C=O) groups is 1. The van der Waals surface area contributed by atoms with Gasteiger partial charge in [0.25, 0.3) is 5.91 Å². The molecule has 1 N–H and O–H groups in total. The molecule has 26 heavy (non-hydrogen) atoms. The molecule has 0 aromatic heterocycles. The van der Waals surface area contributed by atoms with Crippen molar-refractivity contribution in [1.82, 2.24) is 5.32 Å². The third kappa shape index (κ3) is 2.13. The molecular formula is C21H20N2O3. The number of hydrogen-bond acceptors (Lipinski definition) is 4. The van der Waals surface area contributed by atoms with Crippen molar-refractivity contribution in [3.63, 3.8) is 0 Å². The number of carbonyl (C=O) groups excluding carboxylic acids is 1. The predicted molar refractivity (Wildman–Crippen MR) is 98.5 cm³/mol. The largest absolute Gasteiger partial charge is 0.497 e. The van der Waals surface area contributed by atoms with Gasteiger partial charge in [-0.3, -0.25) is 4.79 Å². The zero-order valence-corrected chi connectivity index (χ0v) is 14.6. The molecule has 2 aromatic rings. The van der Waals surface area contributed by atoms with E-state index < -0.39 is 0 Å². The van der Waals surface area contributed by atoms with Gasteiger partial charge in [-0.2, -0.15) is 0 Å². The highest BCUT2D eigenvalue weighted by Crippen LogP contribution is 2.66. The molecule has 5 heteroatoms. The minimum atomic E-state index is -0.190. The Bertz CT molecular complexity index is 921. The third-order valence-electron chi connectivity index (χ3n) is 6.15. The lowest BCUT2D eigenvalue weighted by Gasteiger charge is -2.19. The molecule has 1 aliphatic carbocycles. The van der Waals surface area contributed by atoms with Crippen LogP contribution in [-0.2, 0) is 5.41 Å². The number of hydrogen-bond donors (Lipinski definition) is 1. The summed E-state index contributed by atoms with van der Waals surface area (Å²) in [5, 5.41) is 3.53. The van der Waals surface area contributed by atoms with Crippen LogP contribution in [0.25, 0.3) is 0 Å². The maximum Gasteiger partial charge on any atom is 0.277 e. The minimum Gasteiger partial charge on any atom is -0.497 e. The smallest absolute Gasteiger partial charge is 0.277 e. The second-order valence-electron chi connectivity index (χ2n) is 7.47. The van der Waals surface area contributed by atoms with Crippen molar-refractivity contribution in [2.24, 2.45) is 10.4 Å². The van der Waals surface area contributed by atoms with E-state index in [1.165, 1.54) is 5.56 Å². The van der Waals surface area contributed by atoms with E-state index in [-0.39, 0.29) is 16.7 Å². The molecule has 0 radical (unpaired) electrons. The van der Waals surface area contributed by atoms with Gasteiger partial charge < -0.3 is 14.8 Å². The topological polar surface area (TPSA) is 59.9 Å². The highest BCUT2D eigenvalue weighted by molar-refractivity contribution is 6.13. The molecule has 2 atom stereocenters. The normalized spacial score (nSPS) is 28.0. The number of benzene rings is 2. The molecule has 0 bridgehead atoms. The lowest BCUT2D eigenvalue weighted by atomic mass is 9.89. The number of nitrogens with zero attached hydrogens (tertiary/aromatic N) is 1. The van der Waals surface area contributed by atoms with Crippen LogP contribution in [0.15, 0.2) is 47.5 Å². The number of piperidine rings is 1. The highest BCUT2D eigenvalue weighted by atomic mass is 16.5. The molecule has 1 amide bonds. The molecule has 5 nitrogen and oxygen atoms in total. The first kappa shape index (κ1) is 15.6. The maximum atomic E-state index is 11.8. The van der Waals surface area contributed by atoms with Crippen LogP contribution >= 0.6 is 0 Å². The number of rotatable bonds is 5. The van der Waals surface area contributed by atoms with Gasteiger partial charge >= 0.3 is 0 Å². The van der Waals surface area contributed by atoms with Crippen LogP contribution in [-0.4, -0.2) is 38.9 Å². The molecule has 2 unspecified atom stereocenters. The first-order valence-corrected chi connectivity index (χ1v) is 8.86. The number of nitrogens with one attached hydrogen (secondary N) is 1. The summed E-state index contributed by atoms with van der Waals surface area (Å²) in [5.41, 5.74) is 3.07. The standard InChI is InChI=1S/C21H20N2O3/c1-25-16-6-3-15(4-7-16)21-10-20(21,11-22-12-21)13-26-17-5-2-14-9-23-19(24)18(14)8-17/h2-9,22H,10-13H2,1H3. The number of ether oxygens (including phenoxy) is 2. The SMILES string of the molecule is COc1ccc(C23CNCC2(COc2ccc4c(c2)C(=O)N=C4)C3)cc1. The third-order valence-corrected chi connectivity index (χ3v) is 6.15. The molecule has 1 saturated heterocycles. The zero-order valence-electron chi connectivity index (χ0n) is 14.6. The van der Waals surface area contributed by atoms with Gasteiger partial charge in [-0.25, -0.2) is 4.99 Å². The van der Waals surface area contributed by atoms with E-state index in [4.69, 9.17) is 9.47 Å². The molecule has 2 aromatic carbocycles. The van der Waals surface area contributed by atoms with E-state index in [9.17, 15) is 4.79 Å². The van der Waals surface area contributed by atoms with Crippen molar-refractivity contribution in [1.29, 1.82) is 0 Å². The van der Waals surface area contributed by atoms with Gasteiger partial charge in [0.2, 0.25) is 0 Å². The van der Waals surface area contributed by atoms with Crippen LogP contribution in [0, 0.1) is 5.41 Å². The van der Waals surface area contributed by atoms with E-state index in [0.29, 0.717) is 12.2 Å². The lowest BCUT2D eigenvalue weighted by molar-refractivity contribution is 0.101. The van der Waals surface area contributed by atoms with Gasteiger partial charge in [-0.15, -0.1) is 0 Å². The van der Waals surface area contributed by atoms with Gasteiger partial charge in [0.05, 0.1) is 19.3 Å². The van der Waals surface area contributed by atoms with Gasteiger partial charge in [-0.05, 0) is 42.3 Å². The first-order chi connectivity index (χ1) is 12.7. The summed E-state index contributed by atoms with van der Waals surface area (Å²) in [6.45, 7) is 2.56. The summed E-state index contributed by atoms with van der Waals surface area (Å²) in [7, 11) is 1.69. The Labute approximate surface area is 152 Å². The van der Waals surface area contributed by atoms with Crippen molar-refractivity contribution < 1.29 is 14.3 Å². The number of aliphatic imine (C=N–C) groups is 1. The molecule has 3 aliphatic rings.